The average molecular weight is 236 g/mol. The van der Waals surface area contributed by atoms with Gasteiger partial charge in [-0.1, -0.05) is 0 Å². The molecular weight excluding hydrogens is 224 g/mol. The summed E-state index contributed by atoms with van der Waals surface area (Å²) in [6.45, 7) is 0.596. The Bertz CT molecular complexity index is 517. The molecule has 0 atom stereocenters. The minimum Gasteiger partial charge on any atom is -0.476 e. The van der Waals surface area contributed by atoms with E-state index in [1.807, 2.05) is 13.1 Å². The zero-order chi connectivity index (χ0) is 12.3. The molecule has 0 aliphatic heterocycles. The lowest BCUT2D eigenvalue weighted by Crippen LogP contribution is -2.08. The predicted molar refractivity (Wildman–Crippen MR) is 58.9 cm³/mol. The number of rotatable bonds is 5. The van der Waals surface area contributed by atoms with E-state index in [1.165, 1.54) is 0 Å². The molecule has 7 heteroatoms. The second-order valence-electron chi connectivity index (χ2n) is 3.47. The molecule has 0 fully saturated rings. The van der Waals surface area contributed by atoms with Crippen LogP contribution in [0.5, 0.6) is 0 Å². The fraction of sp³-hybridized carbons (Fsp3) is 0.300. The van der Waals surface area contributed by atoms with Crippen LogP contribution in [0.2, 0.25) is 0 Å². The molecule has 0 saturated heterocycles. The van der Waals surface area contributed by atoms with Crippen molar-refractivity contribution in [2.24, 2.45) is 7.05 Å². The summed E-state index contributed by atoms with van der Waals surface area (Å²) in [5.41, 5.74) is 0.968. The van der Waals surface area contributed by atoms with E-state index in [-0.39, 0.29) is 11.7 Å². The average Bonchev–Trinajstić information content (AvgIpc) is 2.89. The quantitative estimate of drug-likeness (QED) is 0.796. The number of nitrogens with one attached hydrogen (secondary N) is 1. The van der Waals surface area contributed by atoms with Crippen LogP contribution in [0.15, 0.2) is 22.9 Å². The lowest BCUT2D eigenvalue weighted by atomic mass is 10.3. The zero-order valence-electron chi connectivity index (χ0n) is 9.25. The molecule has 2 N–H and O–H groups in total. The largest absolute Gasteiger partial charge is 0.476 e. The van der Waals surface area contributed by atoms with E-state index in [0.29, 0.717) is 6.54 Å². The molecule has 7 nitrogen and oxygen atoms in total. The minimum atomic E-state index is -1.10. The van der Waals surface area contributed by atoms with Gasteiger partial charge in [-0.25, -0.2) is 4.79 Å². The standard InChI is InChI=1S/C10H12N4O3/c1-14-7(3-5-12-14)2-4-11-10-13-8(6-17-10)9(15)16/h3,5-6H,2,4H2,1H3,(H,11,13)(H,15,16). The van der Waals surface area contributed by atoms with Crippen LogP contribution in [0.25, 0.3) is 0 Å². The van der Waals surface area contributed by atoms with Crippen molar-refractivity contribution in [3.8, 4) is 0 Å². The molecular formula is C10H12N4O3. The monoisotopic (exact) mass is 236 g/mol. The van der Waals surface area contributed by atoms with Gasteiger partial charge in [0.05, 0.1) is 0 Å². The molecule has 0 aromatic carbocycles. The number of carboxylic acids is 1. The second kappa shape index (κ2) is 4.69. The molecule has 0 aliphatic rings. The first-order valence-electron chi connectivity index (χ1n) is 5.06. The van der Waals surface area contributed by atoms with Crippen molar-refractivity contribution in [2.75, 3.05) is 11.9 Å². The molecule has 0 saturated carbocycles. The lowest BCUT2D eigenvalue weighted by molar-refractivity contribution is 0.0690. The first kappa shape index (κ1) is 11.2. The number of aromatic carboxylic acids is 1. The van der Waals surface area contributed by atoms with Crippen molar-refractivity contribution >= 4 is 12.0 Å². The Morgan fingerprint density at radius 1 is 1.65 bits per heavy atom. The Morgan fingerprint density at radius 2 is 2.47 bits per heavy atom. The molecule has 2 aromatic heterocycles. The molecule has 17 heavy (non-hydrogen) atoms. The third-order valence-corrected chi connectivity index (χ3v) is 2.30. The first-order chi connectivity index (χ1) is 8.16. The number of carbonyl (C=O) groups is 1. The molecule has 0 radical (unpaired) electrons. The van der Waals surface area contributed by atoms with Crippen LogP contribution in [-0.4, -0.2) is 32.4 Å². The third-order valence-electron chi connectivity index (χ3n) is 2.30. The first-order valence-corrected chi connectivity index (χ1v) is 5.06. The Hall–Kier alpha value is -2.31. The van der Waals surface area contributed by atoms with Crippen molar-refractivity contribution in [1.29, 1.82) is 0 Å². The number of oxazole rings is 1. The topological polar surface area (TPSA) is 93.2 Å². The molecule has 0 bridgehead atoms. The van der Waals surface area contributed by atoms with Crippen LogP contribution in [0.1, 0.15) is 16.2 Å². The van der Waals surface area contributed by atoms with Gasteiger partial charge in [0, 0.05) is 31.9 Å². The van der Waals surface area contributed by atoms with E-state index in [4.69, 9.17) is 9.52 Å². The summed E-state index contributed by atoms with van der Waals surface area (Å²) in [7, 11) is 1.86. The van der Waals surface area contributed by atoms with Crippen molar-refractivity contribution in [2.45, 2.75) is 6.42 Å². The Balaban J connectivity index is 1.86. The van der Waals surface area contributed by atoms with E-state index in [0.717, 1.165) is 18.4 Å². The Labute approximate surface area is 97.1 Å². The number of hydrogen-bond donors (Lipinski definition) is 2. The van der Waals surface area contributed by atoms with E-state index < -0.39 is 5.97 Å². The van der Waals surface area contributed by atoms with Gasteiger partial charge >= 0.3 is 5.97 Å². The number of anilines is 1. The molecule has 2 rings (SSSR count). The molecule has 90 valence electrons. The van der Waals surface area contributed by atoms with Crippen LogP contribution >= 0.6 is 0 Å². The summed E-state index contributed by atoms with van der Waals surface area (Å²) in [5, 5.41) is 15.6. The summed E-state index contributed by atoms with van der Waals surface area (Å²) in [5.74, 6) is -1.10. The van der Waals surface area contributed by atoms with E-state index in [1.54, 1.807) is 10.9 Å². The highest BCUT2D eigenvalue weighted by Gasteiger charge is 2.09. The van der Waals surface area contributed by atoms with Crippen molar-refractivity contribution in [3.63, 3.8) is 0 Å². The SMILES string of the molecule is Cn1nccc1CCNc1nc(C(=O)O)co1. The van der Waals surface area contributed by atoms with Gasteiger partial charge in [-0.3, -0.25) is 4.68 Å². The Morgan fingerprint density at radius 3 is 3.06 bits per heavy atom. The van der Waals surface area contributed by atoms with Crippen LogP contribution < -0.4 is 5.32 Å². The van der Waals surface area contributed by atoms with Gasteiger partial charge in [0.15, 0.2) is 5.69 Å². The third kappa shape index (κ3) is 2.63. The maximum absolute atomic E-state index is 10.6. The van der Waals surface area contributed by atoms with Gasteiger partial charge in [-0.15, -0.1) is 0 Å². The number of hydrogen-bond acceptors (Lipinski definition) is 5. The molecule has 2 heterocycles. The van der Waals surface area contributed by atoms with Gasteiger partial charge in [0.2, 0.25) is 0 Å². The molecule has 0 spiro atoms. The highest BCUT2D eigenvalue weighted by Crippen LogP contribution is 2.07. The number of carboxylic acid groups (broad SMARTS) is 1. The normalized spacial score (nSPS) is 10.4. The van der Waals surface area contributed by atoms with Crippen LogP contribution in [-0.2, 0) is 13.5 Å². The number of aryl methyl sites for hydroxylation is 1. The van der Waals surface area contributed by atoms with E-state index >= 15 is 0 Å². The Kier molecular flexibility index (Phi) is 3.08. The van der Waals surface area contributed by atoms with Crippen LogP contribution in [0.4, 0.5) is 6.01 Å². The van der Waals surface area contributed by atoms with Gasteiger partial charge in [-0.2, -0.15) is 10.1 Å². The summed E-state index contributed by atoms with van der Waals surface area (Å²) in [4.78, 5) is 14.3. The molecule has 0 unspecified atom stereocenters. The summed E-state index contributed by atoms with van der Waals surface area (Å²) in [6, 6.07) is 2.13. The highest BCUT2D eigenvalue weighted by atomic mass is 16.4. The van der Waals surface area contributed by atoms with Crippen molar-refractivity contribution in [1.82, 2.24) is 14.8 Å². The number of aromatic nitrogens is 3. The second-order valence-corrected chi connectivity index (χ2v) is 3.47. The lowest BCUT2D eigenvalue weighted by Gasteiger charge is -2.02. The van der Waals surface area contributed by atoms with Crippen molar-refractivity contribution < 1.29 is 14.3 Å². The molecule has 0 aliphatic carbocycles. The summed E-state index contributed by atoms with van der Waals surface area (Å²) < 4.78 is 6.73. The summed E-state index contributed by atoms with van der Waals surface area (Å²) in [6.07, 6.45) is 3.58. The van der Waals surface area contributed by atoms with Gasteiger partial charge in [0.25, 0.3) is 6.01 Å². The van der Waals surface area contributed by atoms with E-state index in [2.05, 4.69) is 15.4 Å². The fourth-order valence-electron chi connectivity index (χ4n) is 1.40. The molecule has 2 aromatic rings. The maximum Gasteiger partial charge on any atom is 0.357 e. The van der Waals surface area contributed by atoms with Crippen LogP contribution in [0.3, 0.4) is 0 Å². The summed E-state index contributed by atoms with van der Waals surface area (Å²) >= 11 is 0. The van der Waals surface area contributed by atoms with Gasteiger partial charge in [0.1, 0.15) is 6.26 Å². The molecule has 0 amide bonds. The highest BCUT2D eigenvalue weighted by molar-refractivity contribution is 5.85. The maximum atomic E-state index is 10.6. The van der Waals surface area contributed by atoms with Crippen LogP contribution in [0, 0.1) is 0 Å². The smallest absolute Gasteiger partial charge is 0.357 e. The fourth-order valence-corrected chi connectivity index (χ4v) is 1.40. The predicted octanol–water partition coefficient (Wildman–Crippen LogP) is 0.761. The van der Waals surface area contributed by atoms with Crippen molar-refractivity contribution in [3.05, 3.63) is 29.9 Å². The van der Waals surface area contributed by atoms with E-state index in [9.17, 15) is 4.79 Å². The number of nitrogens with zero attached hydrogens (tertiary/aromatic N) is 3. The van der Waals surface area contributed by atoms with Gasteiger partial charge < -0.3 is 14.8 Å². The van der Waals surface area contributed by atoms with Gasteiger partial charge in [-0.05, 0) is 6.07 Å². The zero-order valence-corrected chi connectivity index (χ0v) is 9.25. The minimum absolute atomic E-state index is 0.104.